The summed E-state index contributed by atoms with van der Waals surface area (Å²) in [5.41, 5.74) is 1.09. The molecule has 3 rings (SSSR count). The third-order valence-corrected chi connectivity index (χ3v) is 4.62. The standard InChI is InChI=1S/C17H25NO3/c1-17(2)7-3-8-18(17)12-14(19)13-5-6-15-16(11-13)21-10-4-9-20-15/h5-6,11,14,19H,3-4,7-10,12H2,1-2H3. The number of benzene rings is 1. The van der Waals surface area contributed by atoms with Crippen molar-refractivity contribution in [1.29, 1.82) is 0 Å². The van der Waals surface area contributed by atoms with E-state index in [9.17, 15) is 5.11 Å². The zero-order chi connectivity index (χ0) is 14.9. The summed E-state index contributed by atoms with van der Waals surface area (Å²) in [6, 6.07) is 5.78. The lowest BCUT2D eigenvalue weighted by molar-refractivity contribution is 0.0777. The summed E-state index contributed by atoms with van der Waals surface area (Å²) >= 11 is 0. The van der Waals surface area contributed by atoms with Gasteiger partial charge < -0.3 is 14.6 Å². The Kier molecular flexibility index (Phi) is 4.09. The van der Waals surface area contributed by atoms with E-state index in [0.29, 0.717) is 19.8 Å². The lowest BCUT2D eigenvalue weighted by Crippen LogP contribution is -2.40. The summed E-state index contributed by atoms with van der Waals surface area (Å²) in [6.07, 6.45) is 2.82. The number of aliphatic hydroxyl groups excluding tert-OH is 1. The van der Waals surface area contributed by atoms with E-state index in [1.165, 1.54) is 12.8 Å². The van der Waals surface area contributed by atoms with Crippen LogP contribution in [0.1, 0.15) is 44.8 Å². The number of rotatable bonds is 3. The summed E-state index contributed by atoms with van der Waals surface area (Å²) in [7, 11) is 0. The number of fused-ring (bicyclic) bond motifs is 1. The third-order valence-electron chi connectivity index (χ3n) is 4.62. The van der Waals surface area contributed by atoms with E-state index in [1.54, 1.807) is 0 Å². The van der Waals surface area contributed by atoms with Crippen molar-refractivity contribution in [2.24, 2.45) is 0 Å². The number of β-amino-alcohol motifs (C(OH)–C–C–N with tert-alkyl or cyclic N) is 1. The Morgan fingerprint density at radius 3 is 2.67 bits per heavy atom. The molecule has 0 bridgehead atoms. The molecular formula is C17H25NO3. The summed E-state index contributed by atoms with van der Waals surface area (Å²) < 4.78 is 11.3. The Morgan fingerprint density at radius 2 is 1.95 bits per heavy atom. The van der Waals surface area contributed by atoms with E-state index < -0.39 is 6.10 Å². The zero-order valence-electron chi connectivity index (χ0n) is 13.0. The molecule has 0 aromatic heterocycles. The second kappa shape index (κ2) is 5.85. The Bertz CT molecular complexity index is 501. The molecule has 1 aromatic carbocycles. The summed E-state index contributed by atoms with van der Waals surface area (Å²) in [5.74, 6) is 1.54. The molecule has 0 spiro atoms. The van der Waals surface area contributed by atoms with Gasteiger partial charge in [-0.15, -0.1) is 0 Å². The first kappa shape index (κ1) is 14.7. The molecular weight excluding hydrogens is 266 g/mol. The smallest absolute Gasteiger partial charge is 0.161 e. The minimum Gasteiger partial charge on any atom is -0.490 e. The first-order valence-corrected chi connectivity index (χ1v) is 7.89. The van der Waals surface area contributed by atoms with Crippen LogP contribution in [0.5, 0.6) is 11.5 Å². The van der Waals surface area contributed by atoms with E-state index in [-0.39, 0.29) is 5.54 Å². The average Bonchev–Trinajstić information content (AvgIpc) is 2.66. The van der Waals surface area contributed by atoms with Crippen molar-refractivity contribution in [1.82, 2.24) is 4.90 Å². The van der Waals surface area contributed by atoms with Gasteiger partial charge in [0.2, 0.25) is 0 Å². The van der Waals surface area contributed by atoms with Gasteiger partial charge in [-0.05, 0) is 50.9 Å². The molecule has 2 heterocycles. The molecule has 0 aliphatic carbocycles. The van der Waals surface area contributed by atoms with Crippen LogP contribution in [-0.2, 0) is 0 Å². The Morgan fingerprint density at radius 1 is 1.19 bits per heavy atom. The van der Waals surface area contributed by atoms with Crippen molar-refractivity contribution in [3.8, 4) is 11.5 Å². The van der Waals surface area contributed by atoms with Gasteiger partial charge in [-0.25, -0.2) is 0 Å². The minimum absolute atomic E-state index is 0.187. The molecule has 1 aromatic rings. The number of hydrogen-bond donors (Lipinski definition) is 1. The summed E-state index contributed by atoms with van der Waals surface area (Å²) in [5, 5.41) is 10.5. The van der Waals surface area contributed by atoms with Crippen molar-refractivity contribution in [3.05, 3.63) is 23.8 Å². The lowest BCUT2D eigenvalue weighted by Gasteiger charge is -2.33. The van der Waals surface area contributed by atoms with Crippen molar-refractivity contribution < 1.29 is 14.6 Å². The predicted octanol–water partition coefficient (Wildman–Crippen LogP) is 2.76. The summed E-state index contributed by atoms with van der Waals surface area (Å²) in [6.45, 7) is 7.60. The Labute approximate surface area is 126 Å². The molecule has 1 fully saturated rings. The largest absolute Gasteiger partial charge is 0.490 e. The SMILES string of the molecule is CC1(C)CCCN1CC(O)c1ccc2c(c1)OCCCO2. The van der Waals surface area contributed by atoms with Gasteiger partial charge in [0.25, 0.3) is 0 Å². The quantitative estimate of drug-likeness (QED) is 0.930. The topological polar surface area (TPSA) is 41.9 Å². The number of likely N-dealkylation sites (tertiary alicyclic amines) is 1. The molecule has 1 saturated heterocycles. The van der Waals surface area contributed by atoms with E-state index in [2.05, 4.69) is 18.7 Å². The fraction of sp³-hybridized carbons (Fsp3) is 0.647. The van der Waals surface area contributed by atoms with Crippen molar-refractivity contribution in [2.75, 3.05) is 26.3 Å². The van der Waals surface area contributed by atoms with Gasteiger partial charge >= 0.3 is 0 Å². The highest BCUT2D eigenvalue weighted by Crippen LogP contribution is 2.34. The van der Waals surface area contributed by atoms with Gasteiger partial charge in [0.1, 0.15) is 0 Å². The number of aliphatic hydroxyl groups is 1. The molecule has 2 aliphatic rings. The molecule has 0 radical (unpaired) electrons. The van der Waals surface area contributed by atoms with Gasteiger partial charge in [-0.2, -0.15) is 0 Å². The van der Waals surface area contributed by atoms with Gasteiger partial charge in [-0.3, -0.25) is 4.90 Å². The summed E-state index contributed by atoms with van der Waals surface area (Å²) in [4.78, 5) is 2.38. The van der Waals surface area contributed by atoms with Crippen LogP contribution in [0, 0.1) is 0 Å². The van der Waals surface area contributed by atoms with Crippen LogP contribution in [-0.4, -0.2) is 41.8 Å². The fourth-order valence-electron chi connectivity index (χ4n) is 3.20. The molecule has 0 amide bonds. The van der Waals surface area contributed by atoms with Crippen LogP contribution in [0.2, 0.25) is 0 Å². The molecule has 2 aliphatic heterocycles. The van der Waals surface area contributed by atoms with Gasteiger partial charge in [-0.1, -0.05) is 6.07 Å². The number of hydrogen-bond acceptors (Lipinski definition) is 4. The van der Waals surface area contributed by atoms with E-state index in [1.807, 2.05) is 18.2 Å². The van der Waals surface area contributed by atoms with E-state index in [0.717, 1.165) is 30.0 Å². The van der Waals surface area contributed by atoms with Crippen LogP contribution in [0.25, 0.3) is 0 Å². The maximum atomic E-state index is 10.5. The second-order valence-corrected chi connectivity index (χ2v) is 6.63. The van der Waals surface area contributed by atoms with E-state index in [4.69, 9.17) is 9.47 Å². The van der Waals surface area contributed by atoms with Crippen LogP contribution in [0.15, 0.2) is 18.2 Å². The van der Waals surface area contributed by atoms with Crippen molar-refractivity contribution >= 4 is 0 Å². The average molecular weight is 291 g/mol. The molecule has 116 valence electrons. The number of nitrogens with zero attached hydrogens (tertiary/aromatic N) is 1. The fourth-order valence-corrected chi connectivity index (χ4v) is 3.20. The number of ether oxygens (including phenoxy) is 2. The molecule has 4 heteroatoms. The van der Waals surface area contributed by atoms with Crippen LogP contribution >= 0.6 is 0 Å². The van der Waals surface area contributed by atoms with Gasteiger partial charge in [0, 0.05) is 18.5 Å². The third kappa shape index (κ3) is 3.16. The Balaban J connectivity index is 1.73. The molecule has 1 atom stereocenters. The molecule has 1 N–H and O–H groups in total. The Hall–Kier alpha value is -1.26. The van der Waals surface area contributed by atoms with Crippen LogP contribution in [0.4, 0.5) is 0 Å². The van der Waals surface area contributed by atoms with Crippen LogP contribution in [0.3, 0.4) is 0 Å². The first-order valence-electron chi connectivity index (χ1n) is 7.89. The highest BCUT2D eigenvalue weighted by molar-refractivity contribution is 5.44. The van der Waals surface area contributed by atoms with Gasteiger partial charge in [0.15, 0.2) is 11.5 Å². The normalized spacial score (nSPS) is 22.8. The second-order valence-electron chi connectivity index (χ2n) is 6.63. The van der Waals surface area contributed by atoms with Crippen LogP contribution < -0.4 is 9.47 Å². The molecule has 4 nitrogen and oxygen atoms in total. The maximum absolute atomic E-state index is 10.5. The van der Waals surface area contributed by atoms with Crippen molar-refractivity contribution in [3.63, 3.8) is 0 Å². The minimum atomic E-state index is -0.487. The monoisotopic (exact) mass is 291 g/mol. The van der Waals surface area contributed by atoms with Crippen molar-refractivity contribution in [2.45, 2.75) is 44.8 Å². The molecule has 21 heavy (non-hydrogen) atoms. The van der Waals surface area contributed by atoms with Gasteiger partial charge in [0.05, 0.1) is 19.3 Å². The first-order chi connectivity index (χ1) is 10.1. The highest BCUT2D eigenvalue weighted by Gasteiger charge is 2.33. The highest BCUT2D eigenvalue weighted by atomic mass is 16.5. The molecule has 1 unspecified atom stereocenters. The van der Waals surface area contributed by atoms with E-state index >= 15 is 0 Å². The zero-order valence-corrected chi connectivity index (χ0v) is 13.0. The lowest BCUT2D eigenvalue weighted by atomic mass is 10.0. The predicted molar refractivity (Wildman–Crippen MR) is 81.9 cm³/mol. The maximum Gasteiger partial charge on any atom is 0.161 e. The molecule has 0 saturated carbocycles.